The molecule has 0 fully saturated rings. The molecule has 4 rings (SSSR count). The highest BCUT2D eigenvalue weighted by atomic mass is 16.6. The third kappa shape index (κ3) is 6.45. The van der Waals surface area contributed by atoms with E-state index in [4.69, 9.17) is 14.3 Å². The van der Waals surface area contributed by atoms with Gasteiger partial charge in [-0.05, 0) is 35.7 Å². The molecule has 6 heteroatoms. The van der Waals surface area contributed by atoms with Crippen molar-refractivity contribution in [2.75, 3.05) is 20.3 Å². The van der Waals surface area contributed by atoms with E-state index in [2.05, 4.69) is 36.3 Å². The molecule has 6 nitrogen and oxygen atoms in total. The minimum Gasteiger partial charge on any atom is -0.497 e. The normalized spacial score (nSPS) is 14.9. The van der Waals surface area contributed by atoms with Gasteiger partial charge in [0, 0.05) is 13.0 Å². The van der Waals surface area contributed by atoms with Gasteiger partial charge in [0.15, 0.2) is 6.10 Å². The van der Waals surface area contributed by atoms with Crippen LogP contribution in [0.25, 0.3) is 0 Å². The molecule has 1 atom stereocenters. The lowest BCUT2D eigenvalue weighted by molar-refractivity contribution is -0.139. The Morgan fingerprint density at radius 1 is 1.03 bits per heavy atom. The van der Waals surface area contributed by atoms with Crippen LogP contribution in [0.5, 0.6) is 5.75 Å². The van der Waals surface area contributed by atoms with E-state index >= 15 is 0 Å². The summed E-state index contributed by atoms with van der Waals surface area (Å²) in [6, 6.07) is 25.8. The number of methoxy groups -OCH3 is 1. The molecule has 1 aliphatic heterocycles. The van der Waals surface area contributed by atoms with Crippen molar-refractivity contribution >= 4 is 11.6 Å². The lowest BCUT2D eigenvalue weighted by Gasteiger charge is -2.25. The van der Waals surface area contributed by atoms with Gasteiger partial charge in [-0.15, -0.1) is 0 Å². The maximum atomic E-state index is 13.1. The van der Waals surface area contributed by atoms with Crippen LogP contribution in [0.3, 0.4) is 0 Å². The van der Waals surface area contributed by atoms with Gasteiger partial charge in [-0.25, -0.2) is 0 Å². The Bertz CT molecular complexity index is 1110. The number of oxime groups is 1. The van der Waals surface area contributed by atoms with Crippen molar-refractivity contribution < 1.29 is 19.1 Å². The SMILES string of the molecule is COc1cccc(CN(CC2CC(c3ccc(C)cc3)=NO2)C(=O)COCc2ccccc2)c1. The monoisotopic (exact) mass is 458 g/mol. The first kappa shape index (κ1) is 23.5. The van der Waals surface area contributed by atoms with Crippen LogP contribution >= 0.6 is 0 Å². The van der Waals surface area contributed by atoms with E-state index in [1.807, 2.05) is 54.6 Å². The Hall–Kier alpha value is -3.64. The summed E-state index contributed by atoms with van der Waals surface area (Å²) < 4.78 is 11.1. The zero-order valence-electron chi connectivity index (χ0n) is 19.6. The van der Waals surface area contributed by atoms with Gasteiger partial charge in [0.1, 0.15) is 12.4 Å². The second-order valence-corrected chi connectivity index (χ2v) is 8.44. The van der Waals surface area contributed by atoms with Gasteiger partial charge in [0.25, 0.3) is 0 Å². The largest absolute Gasteiger partial charge is 0.497 e. The second kappa shape index (κ2) is 11.5. The summed E-state index contributed by atoms with van der Waals surface area (Å²) in [6.45, 7) is 3.30. The van der Waals surface area contributed by atoms with Crippen LogP contribution in [0.1, 0.15) is 28.7 Å². The number of rotatable bonds is 10. The van der Waals surface area contributed by atoms with Gasteiger partial charge in [0.05, 0.1) is 26.0 Å². The van der Waals surface area contributed by atoms with Crippen LogP contribution in [0.15, 0.2) is 84.0 Å². The molecule has 1 heterocycles. The predicted octanol–water partition coefficient (Wildman–Crippen LogP) is 4.74. The van der Waals surface area contributed by atoms with Crippen molar-refractivity contribution in [3.05, 3.63) is 101 Å². The Balaban J connectivity index is 1.40. The summed E-state index contributed by atoms with van der Waals surface area (Å²) in [4.78, 5) is 20.6. The number of amides is 1. The molecule has 0 spiro atoms. The number of aryl methyl sites for hydroxylation is 1. The summed E-state index contributed by atoms with van der Waals surface area (Å²) in [6.07, 6.45) is 0.440. The molecule has 1 unspecified atom stereocenters. The zero-order valence-corrected chi connectivity index (χ0v) is 19.6. The number of carbonyl (C=O) groups excluding carboxylic acids is 1. The maximum Gasteiger partial charge on any atom is 0.249 e. The van der Waals surface area contributed by atoms with E-state index in [9.17, 15) is 4.79 Å². The zero-order chi connectivity index (χ0) is 23.8. The van der Waals surface area contributed by atoms with Crippen LogP contribution in [-0.2, 0) is 27.5 Å². The second-order valence-electron chi connectivity index (χ2n) is 8.44. The number of hydrogen-bond donors (Lipinski definition) is 0. The number of ether oxygens (including phenoxy) is 2. The maximum absolute atomic E-state index is 13.1. The summed E-state index contributed by atoms with van der Waals surface area (Å²) >= 11 is 0. The number of carbonyl (C=O) groups is 1. The molecule has 1 amide bonds. The topological polar surface area (TPSA) is 60.4 Å². The van der Waals surface area contributed by atoms with Crippen molar-refractivity contribution in [2.45, 2.75) is 32.6 Å². The highest BCUT2D eigenvalue weighted by molar-refractivity contribution is 6.01. The molecule has 0 radical (unpaired) electrons. The fourth-order valence-electron chi connectivity index (χ4n) is 3.86. The van der Waals surface area contributed by atoms with Crippen LogP contribution < -0.4 is 4.74 Å². The number of benzene rings is 3. The lowest BCUT2D eigenvalue weighted by Crippen LogP contribution is -2.39. The quantitative estimate of drug-likeness (QED) is 0.440. The first-order valence-electron chi connectivity index (χ1n) is 11.4. The summed E-state index contributed by atoms with van der Waals surface area (Å²) in [7, 11) is 1.63. The van der Waals surface area contributed by atoms with Crippen molar-refractivity contribution in [3.8, 4) is 5.75 Å². The third-order valence-electron chi connectivity index (χ3n) is 5.74. The van der Waals surface area contributed by atoms with Crippen molar-refractivity contribution in [1.29, 1.82) is 0 Å². The Kier molecular flexibility index (Phi) is 7.94. The van der Waals surface area contributed by atoms with Crippen molar-refractivity contribution in [1.82, 2.24) is 4.90 Å². The van der Waals surface area contributed by atoms with E-state index in [0.717, 1.165) is 28.2 Å². The van der Waals surface area contributed by atoms with Crippen LogP contribution in [-0.4, -0.2) is 42.9 Å². The summed E-state index contributed by atoms with van der Waals surface area (Å²) in [5, 5.41) is 4.29. The molecule has 0 N–H and O–H groups in total. The third-order valence-corrected chi connectivity index (χ3v) is 5.74. The minimum atomic E-state index is -0.208. The molecule has 0 saturated carbocycles. The van der Waals surface area contributed by atoms with E-state index in [-0.39, 0.29) is 18.6 Å². The Morgan fingerprint density at radius 3 is 2.56 bits per heavy atom. The lowest BCUT2D eigenvalue weighted by atomic mass is 10.0. The van der Waals surface area contributed by atoms with Crippen molar-refractivity contribution in [3.63, 3.8) is 0 Å². The Labute approximate surface area is 200 Å². The highest BCUT2D eigenvalue weighted by Gasteiger charge is 2.27. The molecular formula is C28H30N2O4. The van der Waals surface area contributed by atoms with E-state index < -0.39 is 0 Å². The van der Waals surface area contributed by atoms with E-state index in [1.54, 1.807) is 12.0 Å². The van der Waals surface area contributed by atoms with Gasteiger partial charge in [-0.1, -0.05) is 77.4 Å². The molecular weight excluding hydrogens is 428 g/mol. The number of hydrogen-bond acceptors (Lipinski definition) is 5. The number of nitrogens with zero attached hydrogens (tertiary/aromatic N) is 2. The molecule has 1 aliphatic rings. The van der Waals surface area contributed by atoms with Gasteiger partial charge < -0.3 is 19.2 Å². The van der Waals surface area contributed by atoms with Gasteiger partial charge in [0.2, 0.25) is 5.91 Å². The molecule has 0 saturated heterocycles. The smallest absolute Gasteiger partial charge is 0.249 e. The summed E-state index contributed by atoms with van der Waals surface area (Å²) in [5.41, 5.74) is 5.16. The summed E-state index contributed by atoms with van der Waals surface area (Å²) in [5.74, 6) is 0.665. The average Bonchev–Trinajstić information content (AvgIpc) is 3.33. The van der Waals surface area contributed by atoms with Gasteiger partial charge in [-0.2, -0.15) is 0 Å². The molecule has 0 aliphatic carbocycles. The fourth-order valence-corrected chi connectivity index (χ4v) is 3.86. The molecule has 3 aromatic rings. The fraction of sp³-hybridized carbons (Fsp3) is 0.286. The standard InChI is InChI=1S/C28H30N2O4/c1-21-11-13-24(14-12-21)27-16-26(34-29-27)18-30(17-23-9-6-10-25(15-23)32-2)28(31)20-33-19-22-7-4-3-5-8-22/h3-15,26H,16-20H2,1-2H3. The Morgan fingerprint density at radius 2 is 1.79 bits per heavy atom. The first-order valence-corrected chi connectivity index (χ1v) is 11.4. The molecule has 3 aromatic carbocycles. The highest BCUT2D eigenvalue weighted by Crippen LogP contribution is 2.20. The first-order chi connectivity index (χ1) is 16.6. The molecule has 34 heavy (non-hydrogen) atoms. The van der Waals surface area contributed by atoms with Crippen molar-refractivity contribution in [2.24, 2.45) is 5.16 Å². The van der Waals surface area contributed by atoms with E-state index in [1.165, 1.54) is 5.56 Å². The minimum absolute atomic E-state index is 0.00272. The average molecular weight is 459 g/mol. The predicted molar refractivity (Wildman–Crippen MR) is 132 cm³/mol. The van der Waals surface area contributed by atoms with Crippen LogP contribution in [0.2, 0.25) is 0 Å². The van der Waals surface area contributed by atoms with Gasteiger partial charge >= 0.3 is 0 Å². The molecule has 176 valence electrons. The van der Waals surface area contributed by atoms with Gasteiger partial charge in [-0.3, -0.25) is 4.79 Å². The van der Waals surface area contributed by atoms with Crippen LogP contribution in [0, 0.1) is 6.92 Å². The van der Waals surface area contributed by atoms with E-state index in [0.29, 0.717) is 26.1 Å². The van der Waals surface area contributed by atoms with Crippen LogP contribution in [0.4, 0.5) is 0 Å². The molecule has 0 bridgehead atoms. The molecule has 0 aromatic heterocycles.